The van der Waals surface area contributed by atoms with E-state index in [0.717, 1.165) is 18.8 Å². The lowest BCUT2D eigenvalue weighted by Crippen LogP contribution is -2.58. The lowest BCUT2D eigenvalue weighted by Gasteiger charge is -2.51. The first-order valence-corrected chi connectivity index (χ1v) is 5.78. The number of ether oxygens (including phenoxy) is 1. The molecule has 1 aliphatic carbocycles. The zero-order chi connectivity index (χ0) is 11.6. The second-order valence-corrected chi connectivity index (χ2v) is 4.79. The zero-order valence-corrected chi connectivity index (χ0v) is 10.1. The lowest BCUT2D eigenvalue weighted by atomic mass is 9.64. The Bertz CT molecular complexity index is 339. The Morgan fingerprint density at radius 2 is 2.38 bits per heavy atom. The van der Waals surface area contributed by atoms with Crippen LogP contribution in [-0.4, -0.2) is 28.7 Å². The van der Waals surface area contributed by atoms with Crippen LogP contribution in [0.5, 0.6) is 0 Å². The molecule has 1 heterocycles. The van der Waals surface area contributed by atoms with E-state index in [1.54, 1.807) is 12.5 Å². The molecule has 1 N–H and O–H groups in total. The van der Waals surface area contributed by atoms with Gasteiger partial charge in [-0.1, -0.05) is 13.8 Å². The number of aromatic nitrogens is 2. The van der Waals surface area contributed by atoms with Gasteiger partial charge in [0.25, 0.3) is 0 Å². The Hall–Kier alpha value is -1.16. The van der Waals surface area contributed by atoms with E-state index < -0.39 is 0 Å². The highest BCUT2D eigenvalue weighted by Gasteiger charge is 2.48. The molecule has 1 aromatic heterocycles. The molecule has 0 aromatic carbocycles. The first-order valence-electron chi connectivity index (χ1n) is 5.78. The molecule has 2 rings (SSSR count). The second-order valence-electron chi connectivity index (χ2n) is 4.79. The van der Waals surface area contributed by atoms with Crippen molar-refractivity contribution in [2.75, 3.05) is 11.9 Å². The molecule has 2 unspecified atom stereocenters. The van der Waals surface area contributed by atoms with Gasteiger partial charge in [-0.2, -0.15) is 0 Å². The van der Waals surface area contributed by atoms with Gasteiger partial charge in [0, 0.05) is 24.3 Å². The molecule has 2 atom stereocenters. The van der Waals surface area contributed by atoms with E-state index in [-0.39, 0.29) is 5.41 Å². The van der Waals surface area contributed by atoms with Crippen molar-refractivity contribution in [2.24, 2.45) is 5.41 Å². The van der Waals surface area contributed by atoms with Crippen molar-refractivity contribution < 1.29 is 4.74 Å². The fourth-order valence-corrected chi connectivity index (χ4v) is 2.17. The summed E-state index contributed by atoms with van der Waals surface area (Å²) in [4.78, 5) is 8.08. The molecule has 0 saturated heterocycles. The molecule has 1 aliphatic rings. The summed E-state index contributed by atoms with van der Waals surface area (Å²) in [6, 6.07) is 2.32. The number of nitrogens with zero attached hydrogens (tertiary/aromatic N) is 2. The molecular formula is C12H19N3O. The number of nitrogens with one attached hydrogen (secondary N) is 1. The molecule has 1 saturated carbocycles. The van der Waals surface area contributed by atoms with Crippen molar-refractivity contribution in [1.29, 1.82) is 0 Å². The zero-order valence-electron chi connectivity index (χ0n) is 10.1. The van der Waals surface area contributed by atoms with Crippen LogP contribution in [0.15, 0.2) is 18.6 Å². The van der Waals surface area contributed by atoms with Crippen LogP contribution in [0.4, 0.5) is 5.82 Å². The molecule has 0 amide bonds. The van der Waals surface area contributed by atoms with Gasteiger partial charge < -0.3 is 10.1 Å². The van der Waals surface area contributed by atoms with E-state index in [0.29, 0.717) is 12.1 Å². The fourth-order valence-electron chi connectivity index (χ4n) is 2.17. The summed E-state index contributed by atoms with van der Waals surface area (Å²) in [7, 11) is 0. The van der Waals surface area contributed by atoms with Crippen molar-refractivity contribution in [3.8, 4) is 0 Å². The van der Waals surface area contributed by atoms with Crippen LogP contribution >= 0.6 is 0 Å². The summed E-state index contributed by atoms with van der Waals surface area (Å²) in [5.74, 6) is 0.892. The molecule has 1 fully saturated rings. The molecule has 1 aromatic rings. The number of rotatable bonds is 4. The van der Waals surface area contributed by atoms with E-state index in [4.69, 9.17) is 4.74 Å². The minimum absolute atomic E-state index is 0.168. The third kappa shape index (κ3) is 2.02. The van der Waals surface area contributed by atoms with Gasteiger partial charge >= 0.3 is 0 Å². The monoisotopic (exact) mass is 221 g/mol. The predicted molar refractivity (Wildman–Crippen MR) is 63.3 cm³/mol. The minimum Gasteiger partial charge on any atom is -0.378 e. The standard InChI is InChI=1S/C12H19N3O/c1-4-16-10-7-9(12(10,2)3)15-11-5-6-13-8-14-11/h5-6,8-10H,4,7H2,1-3H3,(H,13,14,15). The quantitative estimate of drug-likeness (QED) is 0.845. The first kappa shape index (κ1) is 11.3. The third-order valence-corrected chi connectivity index (χ3v) is 3.45. The molecule has 0 radical (unpaired) electrons. The molecule has 0 aliphatic heterocycles. The molecule has 4 heteroatoms. The highest BCUT2D eigenvalue weighted by atomic mass is 16.5. The molecule has 88 valence electrons. The average molecular weight is 221 g/mol. The van der Waals surface area contributed by atoms with Crippen LogP contribution in [-0.2, 0) is 4.74 Å². The van der Waals surface area contributed by atoms with Gasteiger partial charge in [0.15, 0.2) is 0 Å². The number of hydrogen-bond acceptors (Lipinski definition) is 4. The fraction of sp³-hybridized carbons (Fsp3) is 0.667. The van der Waals surface area contributed by atoms with Crippen molar-refractivity contribution in [1.82, 2.24) is 9.97 Å². The Morgan fingerprint density at radius 3 is 2.94 bits per heavy atom. The van der Waals surface area contributed by atoms with Gasteiger partial charge in [-0.15, -0.1) is 0 Å². The Kier molecular flexibility index (Phi) is 3.10. The van der Waals surface area contributed by atoms with Crippen LogP contribution < -0.4 is 5.32 Å². The molecule has 16 heavy (non-hydrogen) atoms. The number of hydrogen-bond donors (Lipinski definition) is 1. The van der Waals surface area contributed by atoms with E-state index in [2.05, 4.69) is 29.1 Å². The minimum atomic E-state index is 0.168. The Balaban J connectivity index is 1.94. The topological polar surface area (TPSA) is 47.0 Å². The normalized spacial score (nSPS) is 27.2. The maximum absolute atomic E-state index is 5.69. The molecular weight excluding hydrogens is 202 g/mol. The molecule has 4 nitrogen and oxygen atoms in total. The summed E-state index contributed by atoms with van der Waals surface area (Å²) in [6.07, 6.45) is 4.72. The summed E-state index contributed by atoms with van der Waals surface area (Å²) in [5.41, 5.74) is 0.168. The van der Waals surface area contributed by atoms with Crippen molar-refractivity contribution in [3.63, 3.8) is 0 Å². The smallest absolute Gasteiger partial charge is 0.129 e. The van der Waals surface area contributed by atoms with E-state index in [1.165, 1.54) is 0 Å². The van der Waals surface area contributed by atoms with Gasteiger partial charge in [0.1, 0.15) is 12.1 Å². The SMILES string of the molecule is CCOC1CC(Nc2ccncn2)C1(C)C. The summed E-state index contributed by atoms with van der Waals surface area (Å²) >= 11 is 0. The van der Waals surface area contributed by atoms with Gasteiger partial charge in [-0.25, -0.2) is 9.97 Å². The summed E-state index contributed by atoms with van der Waals surface area (Å²) in [5, 5.41) is 3.43. The van der Waals surface area contributed by atoms with Gasteiger partial charge in [-0.05, 0) is 19.4 Å². The Labute approximate surface area is 96.4 Å². The van der Waals surface area contributed by atoms with Crippen molar-refractivity contribution in [2.45, 2.75) is 39.3 Å². The van der Waals surface area contributed by atoms with Crippen LogP contribution in [0.3, 0.4) is 0 Å². The maximum Gasteiger partial charge on any atom is 0.129 e. The summed E-state index contributed by atoms with van der Waals surface area (Å²) in [6.45, 7) is 7.29. The van der Waals surface area contributed by atoms with Gasteiger partial charge in [0.05, 0.1) is 6.10 Å². The number of anilines is 1. The molecule has 0 spiro atoms. The van der Waals surface area contributed by atoms with Gasteiger partial charge in [0.2, 0.25) is 0 Å². The van der Waals surface area contributed by atoms with Crippen molar-refractivity contribution >= 4 is 5.82 Å². The first-order chi connectivity index (χ1) is 7.64. The van der Waals surface area contributed by atoms with Crippen molar-refractivity contribution in [3.05, 3.63) is 18.6 Å². The highest BCUT2D eigenvalue weighted by molar-refractivity contribution is 5.35. The van der Waals surface area contributed by atoms with E-state index >= 15 is 0 Å². The maximum atomic E-state index is 5.69. The summed E-state index contributed by atoms with van der Waals surface area (Å²) < 4.78 is 5.69. The van der Waals surface area contributed by atoms with E-state index in [9.17, 15) is 0 Å². The Morgan fingerprint density at radius 1 is 1.56 bits per heavy atom. The second kappa shape index (κ2) is 4.37. The molecule has 0 bridgehead atoms. The average Bonchev–Trinajstić information content (AvgIpc) is 2.29. The van der Waals surface area contributed by atoms with Crippen LogP contribution in [0.1, 0.15) is 27.2 Å². The van der Waals surface area contributed by atoms with E-state index in [1.807, 2.05) is 13.0 Å². The predicted octanol–water partition coefficient (Wildman–Crippen LogP) is 2.09. The van der Waals surface area contributed by atoms with Crippen LogP contribution in [0.2, 0.25) is 0 Å². The third-order valence-electron chi connectivity index (χ3n) is 3.45. The van der Waals surface area contributed by atoms with Crippen LogP contribution in [0, 0.1) is 5.41 Å². The lowest BCUT2D eigenvalue weighted by molar-refractivity contribution is -0.0976. The van der Waals surface area contributed by atoms with Crippen LogP contribution in [0.25, 0.3) is 0 Å². The largest absolute Gasteiger partial charge is 0.378 e. The van der Waals surface area contributed by atoms with Gasteiger partial charge in [-0.3, -0.25) is 0 Å². The highest BCUT2D eigenvalue weighted by Crippen LogP contribution is 2.44.